The number of rotatable bonds is 3. The van der Waals surface area contributed by atoms with Crippen LogP contribution in [0.2, 0.25) is 0 Å². The van der Waals surface area contributed by atoms with Gasteiger partial charge in [0.05, 0.1) is 17.7 Å². The molecular formula is C19H23N3O3. The summed E-state index contributed by atoms with van der Waals surface area (Å²) in [5.74, 6) is 0.738. The van der Waals surface area contributed by atoms with Gasteiger partial charge in [-0.1, -0.05) is 12.1 Å². The van der Waals surface area contributed by atoms with Crippen LogP contribution in [0.1, 0.15) is 36.0 Å². The fourth-order valence-corrected chi connectivity index (χ4v) is 4.31. The lowest BCUT2D eigenvalue weighted by molar-refractivity contribution is -0.0824. The molecule has 0 spiro atoms. The topological polar surface area (TPSA) is 78.5 Å². The number of hydrogen-bond acceptors (Lipinski definition) is 4. The number of nitrogens with one attached hydrogen (secondary N) is 1. The Morgan fingerprint density at radius 2 is 2.32 bits per heavy atom. The van der Waals surface area contributed by atoms with Crippen molar-refractivity contribution in [3.05, 3.63) is 42.2 Å². The van der Waals surface area contributed by atoms with Gasteiger partial charge in [0.25, 0.3) is 5.91 Å². The second kappa shape index (κ2) is 6.28. The fourth-order valence-electron chi connectivity index (χ4n) is 4.31. The number of aliphatic hydroxyl groups excluding tert-OH is 1. The summed E-state index contributed by atoms with van der Waals surface area (Å²) in [5, 5.41) is 10.1. The molecular weight excluding hydrogens is 318 g/mol. The van der Waals surface area contributed by atoms with Crippen molar-refractivity contribution in [2.24, 2.45) is 0 Å². The van der Waals surface area contributed by atoms with Gasteiger partial charge in [-0.2, -0.15) is 0 Å². The molecule has 1 saturated heterocycles. The van der Waals surface area contributed by atoms with Crippen LogP contribution in [0.15, 0.2) is 36.7 Å². The summed E-state index contributed by atoms with van der Waals surface area (Å²) in [5.41, 5.74) is 1.21. The van der Waals surface area contributed by atoms with E-state index in [4.69, 9.17) is 4.74 Å². The number of likely N-dealkylation sites (tertiary alicyclic amines) is 1. The average molecular weight is 341 g/mol. The minimum absolute atomic E-state index is 0.00793. The summed E-state index contributed by atoms with van der Waals surface area (Å²) >= 11 is 0. The Morgan fingerprint density at radius 3 is 3.08 bits per heavy atom. The van der Waals surface area contributed by atoms with Crippen molar-refractivity contribution in [3.63, 3.8) is 0 Å². The molecule has 2 aromatic rings. The Labute approximate surface area is 146 Å². The van der Waals surface area contributed by atoms with Crippen LogP contribution >= 0.6 is 0 Å². The quantitative estimate of drug-likeness (QED) is 0.897. The maximum Gasteiger partial charge on any atom is 0.254 e. The molecule has 1 aliphatic carbocycles. The van der Waals surface area contributed by atoms with E-state index < -0.39 is 0 Å². The number of fused-ring (bicyclic) bond motifs is 1. The highest BCUT2D eigenvalue weighted by Crippen LogP contribution is 2.43. The predicted molar refractivity (Wildman–Crippen MR) is 93.1 cm³/mol. The largest absolute Gasteiger partial charge is 0.393 e. The first-order valence-corrected chi connectivity index (χ1v) is 8.77. The van der Waals surface area contributed by atoms with Gasteiger partial charge in [-0.05, 0) is 37.8 Å². The van der Waals surface area contributed by atoms with E-state index in [1.807, 2.05) is 29.2 Å². The molecule has 2 N–H and O–H groups in total. The van der Waals surface area contributed by atoms with Crippen LogP contribution in [-0.2, 0) is 4.74 Å². The lowest BCUT2D eigenvalue weighted by Gasteiger charge is -2.42. The Morgan fingerprint density at radius 1 is 1.44 bits per heavy atom. The molecule has 132 valence electrons. The van der Waals surface area contributed by atoms with E-state index in [-0.39, 0.29) is 23.7 Å². The minimum atomic E-state index is -0.365. The third-order valence-electron chi connectivity index (χ3n) is 5.70. The molecule has 25 heavy (non-hydrogen) atoms. The van der Waals surface area contributed by atoms with E-state index >= 15 is 0 Å². The number of carbonyl (C=O) groups is 1. The van der Waals surface area contributed by atoms with E-state index in [1.165, 1.54) is 0 Å². The highest BCUT2D eigenvalue weighted by molar-refractivity contribution is 5.95. The van der Waals surface area contributed by atoms with Gasteiger partial charge in [0.2, 0.25) is 0 Å². The number of H-pyrrole nitrogens is 1. The molecule has 1 amide bonds. The number of carbonyl (C=O) groups excluding carboxylic acids is 1. The van der Waals surface area contributed by atoms with Crippen molar-refractivity contribution in [2.45, 2.75) is 43.4 Å². The van der Waals surface area contributed by atoms with Crippen LogP contribution in [0.4, 0.5) is 0 Å². The van der Waals surface area contributed by atoms with E-state index in [0.717, 1.165) is 30.7 Å². The predicted octanol–water partition coefficient (Wildman–Crippen LogP) is 2.22. The van der Waals surface area contributed by atoms with Gasteiger partial charge in [-0.3, -0.25) is 4.79 Å². The summed E-state index contributed by atoms with van der Waals surface area (Å²) in [6.45, 7) is 0.662. The van der Waals surface area contributed by atoms with Gasteiger partial charge in [-0.25, -0.2) is 4.98 Å². The summed E-state index contributed by atoms with van der Waals surface area (Å²) in [6, 6.07) is 7.44. The summed E-state index contributed by atoms with van der Waals surface area (Å²) in [4.78, 5) is 22.3. The van der Waals surface area contributed by atoms with Crippen molar-refractivity contribution in [3.8, 4) is 11.4 Å². The van der Waals surface area contributed by atoms with E-state index in [9.17, 15) is 9.90 Å². The van der Waals surface area contributed by atoms with Crippen LogP contribution < -0.4 is 0 Å². The second-order valence-corrected chi connectivity index (χ2v) is 6.98. The number of imidazole rings is 1. The number of hydrogen-bond donors (Lipinski definition) is 2. The number of aromatic amines is 1. The third-order valence-corrected chi connectivity index (χ3v) is 5.70. The monoisotopic (exact) mass is 341 g/mol. The van der Waals surface area contributed by atoms with Crippen LogP contribution in [-0.4, -0.2) is 57.3 Å². The van der Waals surface area contributed by atoms with Gasteiger partial charge >= 0.3 is 0 Å². The lowest BCUT2D eigenvalue weighted by Crippen LogP contribution is -2.52. The molecule has 1 aromatic carbocycles. The molecule has 0 radical (unpaired) electrons. The molecule has 2 heterocycles. The van der Waals surface area contributed by atoms with Gasteiger partial charge in [0, 0.05) is 37.2 Å². The van der Waals surface area contributed by atoms with E-state index in [2.05, 4.69) is 9.97 Å². The zero-order valence-electron chi connectivity index (χ0n) is 14.3. The van der Waals surface area contributed by atoms with Gasteiger partial charge in [-0.15, -0.1) is 0 Å². The van der Waals surface area contributed by atoms with Crippen molar-refractivity contribution >= 4 is 5.91 Å². The first kappa shape index (κ1) is 16.3. The maximum absolute atomic E-state index is 13.1. The first-order chi connectivity index (χ1) is 12.1. The van der Waals surface area contributed by atoms with E-state index in [0.29, 0.717) is 18.5 Å². The van der Waals surface area contributed by atoms with Crippen LogP contribution in [0.25, 0.3) is 11.4 Å². The van der Waals surface area contributed by atoms with Crippen molar-refractivity contribution < 1.29 is 14.6 Å². The molecule has 0 bridgehead atoms. The maximum atomic E-state index is 13.1. The summed E-state index contributed by atoms with van der Waals surface area (Å²) < 4.78 is 5.83. The highest BCUT2D eigenvalue weighted by Gasteiger charge is 2.52. The zero-order valence-corrected chi connectivity index (χ0v) is 14.3. The van der Waals surface area contributed by atoms with Crippen molar-refractivity contribution in [2.75, 3.05) is 13.7 Å². The Bertz CT molecular complexity index is 761. The average Bonchev–Trinajstić information content (AvgIpc) is 3.29. The van der Waals surface area contributed by atoms with Crippen molar-refractivity contribution in [1.29, 1.82) is 0 Å². The second-order valence-electron chi connectivity index (χ2n) is 6.98. The van der Waals surface area contributed by atoms with Crippen LogP contribution in [0, 0.1) is 0 Å². The molecule has 1 aromatic heterocycles. The molecule has 1 saturated carbocycles. The Kier molecular flexibility index (Phi) is 4.09. The lowest BCUT2D eigenvalue weighted by atomic mass is 9.79. The van der Waals surface area contributed by atoms with Gasteiger partial charge < -0.3 is 19.7 Å². The molecule has 2 fully saturated rings. The number of amides is 1. The van der Waals surface area contributed by atoms with E-state index in [1.54, 1.807) is 19.5 Å². The summed E-state index contributed by atoms with van der Waals surface area (Å²) in [7, 11) is 1.72. The number of nitrogens with zero attached hydrogens (tertiary/aromatic N) is 2. The molecule has 1 aliphatic heterocycles. The smallest absolute Gasteiger partial charge is 0.254 e. The molecule has 6 nitrogen and oxygen atoms in total. The fraction of sp³-hybridized carbons (Fsp3) is 0.474. The Hall–Kier alpha value is -2.18. The number of benzene rings is 1. The standard InChI is InChI=1S/C19H23N3O3/c1-25-19-6-5-15(23)12-16(19)22(10-7-19)18(24)14-4-2-3-13(11-14)17-20-8-9-21-17/h2-4,8-9,11,15-16,23H,5-7,10,12H2,1H3,(H,20,21)/t15-,16+,19-/m1/s1. The number of ether oxygens (including phenoxy) is 1. The molecule has 0 unspecified atom stereocenters. The van der Waals surface area contributed by atoms with Gasteiger partial charge in [0.1, 0.15) is 5.82 Å². The number of methoxy groups -OCH3 is 1. The molecule has 2 aliphatic rings. The minimum Gasteiger partial charge on any atom is -0.393 e. The summed E-state index contributed by atoms with van der Waals surface area (Å²) in [6.07, 6.45) is 6.03. The normalized spacial score (nSPS) is 28.8. The molecule has 4 rings (SSSR count). The SMILES string of the molecule is CO[C@@]12CC[C@@H](O)C[C@@H]1N(C(=O)c1cccc(-c3ncc[nH]3)c1)CC2. The van der Waals surface area contributed by atoms with Crippen molar-refractivity contribution in [1.82, 2.24) is 14.9 Å². The number of aromatic nitrogens is 2. The Balaban J connectivity index is 1.62. The molecule has 6 heteroatoms. The first-order valence-electron chi connectivity index (χ1n) is 8.77. The third kappa shape index (κ3) is 2.75. The molecule has 3 atom stereocenters. The van der Waals surface area contributed by atoms with Crippen LogP contribution in [0.5, 0.6) is 0 Å². The van der Waals surface area contributed by atoms with Gasteiger partial charge in [0.15, 0.2) is 0 Å². The van der Waals surface area contributed by atoms with Crippen LogP contribution in [0.3, 0.4) is 0 Å². The highest BCUT2D eigenvalue weighted by atomic mass is 16.5. The zero-order chi connectivity index (χ0) is 17.4. The number of aliphatic hydroxyl groups is 1.